The average molecular weight is 630 g/mol. The van der Waals surface area contributed by atoms with E-state index in [-0.39, 0.29) is 24.5 Å². The number of methoxy groups -OCH3 is 1. The lowest BCUT2D eigenvalue weighted by molar-refractivity contribution is -0.384. The van der Waals surface area contributed by atoms with Crippen LogP contribution in [0.5, 0.6) is 17.2 Å². The first-order valence-electron chi connectivity index (χ1n) is 14.2. The SMILES string of the molecule is CCOC(=O)C1=C(C)N=c2s/c(=C\c3ccc(OCc4ccc([N+](=O)[O-])cc4)c(OC)c3)c(=O)n2[C@H]1c1ccc(OCC)cc1. The molecule has 0 aliphatic carbocycles. The number of esters is 1. The Morgan fingerprint density at radius 3 is 2.40 bits per heavy atom. The highest BCUT2D eigenvalue weighted by Crippen LogP contribution is 2.32. The molecule has 0 unspecified atom stereocenters. The minimum Gasteiger partial charge on any atom is -0.494 e. The number of non-ortho nitro benzene ring substituents is 1. The van der Waals surface area contributed by atoms with E-state index in [1.807, 2.05) is 31.2 Å². The van der Waals surface area contributed by atoms with E-state index in [1.165, 1.54) is 35.1 Å². The van der Waals surface area contributed by atoms with Gasteiger partial charge in [-0.05, 0) is 79.9 Å². The Morgan fingerprint density at radius 1 is 1.02 bits per heavy atom. The summed E-state index contributed by atoms with van der Waals surface area (Å²) in [4.78, 5) is 42.6. The van der Waals surface area contributed by atoms with Crippen molar-refractivity contribution in [1.29, 1.82) is 0 Å². The fraction of sp³-hybridized carbons (Fsp3) is 0.242. The number of fused-ring (bicyclic) bond motifs is 1. The first kappa shape index (κ1) is 31.2. The maximum atomic E-state index is 13.9. The Balaban J connectivity index is 1.50. The van der Waals surface area contributed by atoms with Gasteiger partial charge >= 0.3 is 5.97 Å². The van der Waals surface area contributed by atoms with Gasteiger partial charge in [0.15, 0.2) is 16.3 Å². The Kier molecular flexibility index (Phi) is 9.43. The molecule has 1 atom stereocenters. The van der Waals surface area contributed by atoms with Crippen LogP contribution in [0.2, 0.25) is 0 Å². The predicted octanol–water partition coefficient (Wildman–Crippen LogP) is 4.69. The van der Waals surface area contributed by atoms with Gasteiger partial charge in [0.05, 0.1) is 47.1 Å². The van der Waals surface area contributed by atoms with Crippen LogP contribution in [0.4, 0.5) is 5.69 Å². The Bertz CT molecular complexity index is 1940. The van der Waals surface area contributed by atoms with Gasteiger partial charge in [-0.25, -0.2) is 9.79 Å². The third-order valence-corrected chi connectivity index (χ3v) is 8.03. The fourth-order valence-corrected chi connectivity index (χ4v) is 5.99. The number of carbonyl (C=O) groups is 1. The number of nitrogens with zero attached hydrogens (tertiary/aromatic N) is 3. The zero-order valence-electron chi connectivity index (χ0n) is 25.1. The van der Waals surface area contributed by atoms with Gasteiger partial charge < -0.3 is 18.9 Å². The van der Waals surface area contributed by atoms with Gasteiger partial charge in [0.2, 0.25) is 0 Å². The van der Waals surface area contributed by atoms with E-state index < -0.39 is 16.9 Å². The van der Waals surface area contributed by atoms with Crippen LogP contribution in [0.25, 0.3) is 6.08 Å². The van der Waals surface area contributed by atoms with E-state index >= 15 is 0 Å². The summed E-state index contributed by atoms with van der Waals surface area (Å²) < 4.78 is 24.4. The van der Waals surface area contributed by atoms with E-state index in [4.69, 9.17) is 18.9 Å². The number of allylic oxidation sites excluding steroid dienone is 1. The van der Waals surface area contributed by atoms with Crippen LogP contribution in [0.1, 0.15) is 43.5 Å². The second-order valence-electron chi connectivity index (χ2n) is 9.93. The number of nitro groups is 1. The number of rotatable bonds is 11. The molecule has 12 heteroatoms. The second kappa shape index (κ2) is 13.6. The normalized spacial score (nSPS) is 14.4. The molecule has 0 bridgehead atoms. The van der Waals surface area contributed by atoms with Crippen molar-refractivity contribution < 1.29 is 28.7 Å². The molecule has 2 heterocycles. The summed E-state index contributed by atoms with van der Waals surface area (Å²) in [6.07, 6.45) is 1.74. The van der Waals surface area contributed by atoms with Gasteiger partial charge in [-0.3, -0.25) is 19.5 Å². The molecular weight excluding hydrogens is 598 g/mol. The van der Waals surface area contributed by atoms with Gasteiger partial charge in [-0.1, -0.05) is 29.5 Å². The molecule has 0 fully saturated rings. The third-order valence-electron chi connectivity index (χ3n) is 7.05. The van der Waals surface area contributed by atoms with Crippen molar-refractivity contribution in [3.8, 4) is 17.2 Å². The highest BCUT2D eigenvalue weighted by molar-refractivity contribution is 7.07. The molecule has 3 aromatic carbocycles. The van der Waals surface area contributed by atoms with Crippen molar-refractivity contribution in [1.82, 2.24) is 4.57 Å². The first-order valence-corrected chi connectivity index (χ1v) is 15.0. The molecule has 0 radical (unpaired) electrons. The molecule has 232 valence electrons. The Hall–Kier alpha value is -5.23. The summed E-state index contributed by atoms with van der Waals surface area (Å²) >= 11 is 1.22. The number of hydrogen-bond acceptors (Lipinski definition) is 10. The van der Waals surface area contributed by atoms with E-state index in [9.17, 15) is 19.7 Å². The molecule has 1 aliphatic rings. The van der Waals surface area contributed by atoms with E-state index in [0.717, 1.165) is 11.1 Å². The number of benzene rings is 3. The third kappa shape index (κ3) is 6.65. The zero-order valence-corrected chi connectivity index (χ0v) is 26.0. The molecule has 4 aromatic rings. The van der Waals surface area contributed by atoms with Gasteiger partial charge in [0, 0.05) is 12.1 Å². The number of hydrogen-bond donors (Lipinski definition) is 0. The van der Waals surface area contributed by atoms with Crippen molar-refractivity contribution in [2.75, 3.05) is 20.3 Å². The van der Waals surface area contributed by atoms with E-state index in [1.54, 1.807) is 50.3 Å². The fourth-order valence-electron chi connectivity index (χ4n) is 4.94. The highest BCUT2D eigenvalue weighted by Gasteiger charge is 2.33. The largest absolute Gasteiger partial charge is 0.494 e. The van der Waals surface area contributed by atoms with Gasteiger partial charge in [0.1, 0.15) is 12.4 Å². The Labute approximate surface area is 262 Å². The van der Waals surface area contributed by atoms with Crippen molar-refractivity contribution in [3.63, 3.8) is 0 Å². The smallest absolute Gasteiger partial charge is 0.338 e. The van der Waals surface area contributed by atoms with Crippen LogP contribution < -0.4 is 29.1 Å². The zero-order chi connectivity index (χ0) is 32.1. The first-order chi connectivity index (χ1) is 21.7. The summed E-state index contributed by atoms with van der Waals surface area (Å²) in [6, 6.07) is 18.0. The minimum absolute atomic E-state index is 0.00374. The lowest BCUT2D eigenvalue weighted by atomic mass is 9.96. The highest BCUT2D eigenvalue weighted by atomic mass is 32.1. The van der Waals surface area contributed by atoms with Crippen molar-refractivity contribution in [2.45, 2.75) is 33.4 Å². The summed E-state index contributed by atoms with van der Waals surface area (Å²) in [7, 11) is 1.52. The maximum absolute atomic E-state index is 13.9. The van der Waals surface area contributed by atoms with Crippen molar-refractivity contribution >= 4 is 29.1 Å². The summed E-state index contributed by atoms with van der Waals surface area (Å²) in [6.45, 7) is 6.25. The molecule has 5 rings (SSSR count). The van der Waals surface area contributed by atoms with Crippen LogP contribution in [0.15, 0.2) is 87.8 Å². The number of thiazole rings is 1. The molecule has 1 aliphatic heterocycles. The van der Waals surface area contributed by atoms with Crippen LogP contribution in [-0.4, -0.2) is 35.8 Å². The topological polar surface area (TPSA) is 131 Å². The van der Waals surface area contributed by atoms with Crippen LogP contribution in [-0.2, 0) is 16.1 Å². The van der Waals surface area contributed by atoms with Gasteiger partial charge in [0.25, 0.3) is 11.2 Å². The number of nitro benzene ring substituents is 1. The molecule has 45 heavy (non-hydrogen) atoms. The maximum Gasteiger partial charge on any atom is 0.338 e. The summed E-state index contributed by atoms with van der Waals surface area (Å²) in [5, 5.41) is 10.9. The average Bonchev–Trinajstić information content (AvgIpc) is 3.34. The molecule has 1 aromatic heterocycles. The number of ether oxygens (including phenoxy) is 4. The molecule has 0 spiro atoms. The molecule has 0 saturated carbocycles. The van der Waals surface area contributed by atoms with Gasteiger partial charge in [-0.15, -0.1) is 0 Å². The minimum atomic E-state index is -0.733. The lowest BCUT2D eigenvalue weighted by Crippen LogP contribution is -2.39. The molecule has 11 nitrogen and oxygen atoms in total. The molecular formula is C33H31N3O8S. The van der Waals surface area contributed by atoms with Crippen molar-refractivity contribution in [3.05, 3.63) is 124 Å². The number of aromatic nitrogens is 1. The standard InChI is InChI=1S/C33H31N3O8S/c1-5-42-25-14-10-23(11-15-25)30-29(32(38)43-6-2)20(3)34-33-35(30)31(37)28(45-33)18-22-9-16-26(27(17-22)41-4)44-19-21-7-12-24(13-8-21)36(39)40/h7-18,30H,5-6,19H2,1-4H3/b28-18-/t30-/m0/s1. The summed E-state index contributed by atoms with van der Waals surface area (Å²) in [5.74, 6) is 1.08. The van der Waals surface area contributed by atoms with Crippen LogP contribution in [0.3, 0.4) is 0 Å². The van der Waals surface area contributed by atoms with Crippen molar-refractivity contribution in [2.24, 2.45) is 4.99 Å². The predicted molar refractivity (Wildman–Crippen MR) is 168 cm³/mol. The van der Waals surface area contributed by atoms with E-state index in [0.29, 0.717) is 50.0 Å². The quantitative estimate of drug-likeness (QED) is 0.133. The monoisotopic (exact) mass is 629 g/mol. The molecule has 0 N–H and O–H groups in total. The Morgan fingerprint density at radius 2 is 1.76 bits per heavy atom. The summed E-state index contributed by atoms with van der Waals surface area (Å²) in [5.41, 5.74) is 2.66. The van der Waals surface area contributed by atoms with Crippen LogP contribution in [0, 0.1) is 10.1 Å². The molecule has 0 amide bonds. The molecule has 0 saturated heterocycles. The van der Waals surface area contributed by atoms with Crippen LogP contribution >= 0.6 is 11.3 Å². The lowest BCUT2D eigenvalue weighted by Gasteiger charge is -2.24. The van der Waals surface area contributed by atoms with Gasteiger partial charge in [-0.2, -0.15) is 0 Å². The second-order valence-corrected chi connectivity index (χ2v) is 10.9. The number of carbonyl (C=O) groups excluding carboxylic acids is 1. The van der Waals surface area contributed by atoms with E-state index in [2.05, 4.69) is 4.99 Å².